The molecule has 8 heteroatoms. The van der Waals surface area contributed by atoms with Crippen LogP contribution in [-0.2, 0) is 33.7 Å². The number of esters is 1. The number of hydrogen-bond acceptors (Lipinski definition) is 6. The highest BCUT2D eigenvalue weighted by molar-refractivity contribution is 6.30. The second-order valence-electron chi connectivity index (χ2n) is 9.30. The Labute approximate surface area is 206 Å². The molecule has 2 aromatic rings. The SMILES string of the molecule is CCOC(=O)C(N)CCc1ccc(Cl)cc1Oc1cccc2c1CCN(C(=O)OC(C)(C)C)C2. The number of amides is 1. The molecular formula is C26H33ClN2O5. The van der Waals surface area contributed by atoms with Gasteiger partial charge >= 0.3 is 12.1 Å². The average molecular weight is 489 g/mol. The Kier molecular flexibility index (Phi) is 8.44. The topological polar surface area (TPSA) is 91.1 Å². The number of ether oxygens (including phenoxy) is 3. The Balaban J connectivity index is 1.76. The highest BCUT2D eigenvalue weighted by atomic mass is 35.5. The highest BCUT2D eigenvalue weighted by Gasteiger charge is 2.27. The monoisotopic (exact) mass is 488 g/mol. The number of rotatable bonds is 7. The standard InChI is InChI=1S/C26H33ClN2O5/c1-5-32-24(30)21(28)12-10-17-9-11-19(27)15-23(17)33-22-8-6-7-18-16-29(14-13-20(18)22)25(31)34-26(2,3)4/h6-9,11,15,21H,5,10,12-14,16,28H2,1-4H3. The number of carbonyl (C=O) groups excluding carboxylic acids is 2. The van der Waals surface area contributed by atoms with Crippen LogP contribution in [0.5, 0.6) is 11.5 Å². The van der Waals surface area contributed by atoms with Gasteiger partial charge in [0.1, 0.15) is 23.1 Å². The zero-order valence-corrected chi connectivity index (χ0v) is 21.0. The highest BCUT2D eigenvalue weighted by Crippen LogP contribution is 2.35. The number of carbonyl (C=O) groups is 2. The molecule has 0 saturated heterocycles. The molecule has 7 nitrogen and oxygen atoms in total. The van der Waals surface area contributed by atoms with Crippen LogP contribution in [0.1, 0.15) is 50.8 Å². The van der Waals surface area contributed by atoms with E-state index in [1.807, 2.05) is 45.0 Å². The molecule has 184 valence electrons. The van der Waals surface area contributed by atoms with Gasteiger partial charge in [-0.15, -0.1) is 0 Å². The molecule has 34 heavy (non-hydrogen) atoms. The number of fused-ring (bicyclic) bond motifs is 1. The van der Waals surface area contributed by atoms with E-state index in [0.717, 1.165) is 22.4 Å². The second kappa shape index (κ2) is 11.1. The summed E-state index contributed by atoms with van der Waals surface area (Å²) in [6, 6.07) is 10.6. The second-order valence-corrected chi connectivity index (χ2v) is 9.73. The van der Waals surface area contributed by atoms with Gasteiger partial charge in [-0.05, 0) is 76.3 Å². The smallest absolute Gasteiger partial charge is 0.410 e. The molecule has 1 aliphatic rings. The van der Waals surface area contributed by atoms with E-state index in [0.29, 0.717) is 49.7 Å². The minimum atomic E-state index is -0.702. The maximum Gasteiger partial charge on any atom is 0.410 e. The molecule has 0 aliphatic carbocycles. The Bertz CT molecular complexity index is 1030. The van der Waals surface area contributed by atoms with Crippen LogP contribution in [-0.4, -0.2) is 41.8 Å². The summed E-state index contributed by atoms with van der Waals surface area (Å²) >= 11 is 6.25. The molecule has 1 amide bonds. The van der Waals surface area contributed by atoms with Crippen molar-refractivity contribution in [1.29, 1.82) is 0 Å². The summed E-state index contributed by atoms with van der Waals surface area (Å²) in [5.74, 6) is 0.927. The molecule has 2 aromatic carbocycles. The fourth-order valence-corrected chi connectivity index (χ4v) is 3.94. The lowest BCUT2D eigenvalue weighted by molar-refractivity contribution is -0.144. The van der Waals surface area contributed by atoms with Gasteiger partial charge in [0.15, 0.2) is 0 Å². The zero-order chi connectivity index (χ0) is 24.9. The van der Waals surface area contributed by atoms with Crippen LogP contribution >= 0.6 is 11.6 Å². The predicted octanol–water partition coefficient (Wildman–Crippen LogP) is 5.25. The van der Waals surface area contributed by atoms with Gasteiger partial charge in [0.25, 0.3) is 0 Å². The van der Waals surface area contributed by atoms with E-state index in [4.69, 9.17) is 31.5 Å². The van der Waals surface area contributed by atoms with E-state index in [2.05, 4.69) is 0 Å². The lowest BCUT2D eigenvalue weighted by atomic mass is 9.98. The van der Waals surface area contributed by atoms with Crippen molar-refractivity contribution in [2.45, 2.75) is 65.1 Å². The van der Waals surface area contributed by atoms with Gasteiger partial charge in [0.05, 0.1) is 6.61 Å². The van der Waals surface area contributed by atoms with Crippen LogP contribution in [0.3, 0.4) is 0 Å². The van der Waals surface area contributed by atoms with Gasteiger partial charge in [-0.25, -0.2) is 4.79 Å². The van der Waals surface area contributed by atoms with Gasteiger partial charge in [0, 0.05) is 23.7 Å². The van der Waals surface area contributed by atoms with E-state index >= 15 is 0 Å². The zero-order valence-electron chi connectivity index (χ0n) is 20.2. The van der Waals surface area contributed by atoms with Gasteiger partial charge < -0.3 is 24.8 Å². The normalized spacial score (nSPS) is 14.2. The van der Waals surface area contributed by atoms with Crippen LogP contribution in [0.25, 0.3) is 0 Å². The van der Waals surface area contributed by atoms with Crippen LogP contribution in [0.4, 0.5) is 4.79 Å². The quantitative estimate of drug-likeness (QED) is 0.535. The first-order valence-electron chi connectivity index (χ1n) is 11.5. The van der Waals surface area contributed by atoms with Crippen molar-refractivity contribution in [3.63, 3.8) is 0 Å². The van der Waals surface area contributed by atoms with Gasteiger partial charge in [-0.3, -0.25) is 4.79 Å². The molecule has 0 aromatic heterocycles. The molecule has 3 rings (SSSR count). The third kappa shape index (κ3) is 6.87. The summed E-state index contributed by atoms with van der Waals surface area (Å²) in [6.45, 7) is 8.62. The summed E-state index contributed by atoms with van der Waals surface area (Å²) in [5, 5.41) is 0.550. The molecule has 0 spiro atoms. The summed E-state index contributed by atoms with van der Waals surface area (Å²) in [5.41, 5.74) is 8.39. The number of nitrogens with zero attached hydrogens (tertiary/aromatic N) is 1. The van der Waals surface area contributed by atoms with Crippen LogP contribution in [0.15, 0.2) is 36.4 Å². The molecule has 0 fully saturated rings. The summed E-state index contributed by atoms with van der Waals surface area (Å²) in [6.07, 6.45) is 1.29. The Morgan fingerprint density at radius 2 is 1.94 bits per heavy atom. The lowest BCUT2D eigenvalue weighted by Gasteiger charge is -2.32. The summed E-state index contributed by atoms with van der Waals surface area (Å²) in [7, 11) is 0. The number of halogens is 1. The molecule has 0 saturated carbocycles. The van der Waals surface area contributed by atoms with Crippen molar-refractivity contribution in [3.05, 3.63) is 58.1 Å². The van der Waals surface area contributed by atoms with Crippen molar-refractivity contribution in [1.82, 2.24) is 4.90 Å². The lowest BCUT2D eigenvalue weighted by Crippen LogP contribution is -2.39. The number of aryl methyl sites for hydroxylation is 1. The summed E-state index contributed by atoms with van der Waals surface area (Å²) in [4.78, 5) is 26.1. The van der Waals surface area contributed by atoms with Crippen LogP contribution in [0, 0.1) is 0 Å². The predicted molar refractivity (Wildman–Crippen MR) is 131 cm³/mol. The van der Waals surface area contributed by atoms with Gasteiger partial charge in [-0.2, -0.15) is 0 Å². The van der Waals surface area contributed by atoms with E-state index in [-0.39, 0.29) is 6.09 Å². The molecule has 1 atom stereocenters. The molecule has 0 bridgehead atoms. The van der Waals surface area contributed by atoms with E-state index in [1.54, 1.807) is 24.0 Å². The Morgan fingerprint density at radius 1 is 1.18 bits per heavy atom. The van der Waals surface area contributed by atoms with Crippen molar-refractivity contribution in [2.24, 2.45) is 5.73 Å². The van der Waals surface area contributed by atoms with Crippen LogP contribution < -0.4 is 10.5 Å². The minimum absolute atomic E-state index is 0.298. The number of hydrogen-bond donors (Lipinski definition) is 1. The Hall–Kier alpha value is -2.77. The molecular weight excluding hydrogens is 456 g/mol. The van der Waals surface area contributed by atoms with Crippen LogP contribution in [0.2, 0.25) is 5.02 Å². The number of nitrogens with two attached hydrogens (primary N) is 1. The minimum Gasteiger partial charge on any atom is -0.465 e. The van der Waals surface area contributed by atoms with E-state index in [1.165, 1.54) is 0 Å². The maximum atomic E-state index is 12.5. The van der Waals surface area contributed by atoms with E-state index < -0.39 is 17.6 Å². The molecule has 2 N–H and O–H groups in total. The molecule has 1 heterocycles. The third-order valence-electron chi connectivity index (χ3n) is 5.44. The third-order valence-corrected chi connectivity index (χ3v) is 5.67. The average Bonchev–Trinajstić information content (AvgIpc) is 2.77. The fraction of sp³-hybridized carbons (Fsp3) is 0.462. The van der Waals surface area contributed by atoms with Crippen molar-refractivity contribution >= 4 is 23.7 Å². The molecule has 1 aliphatic heterocycles. The van der Waals surface area contributed by atoms with Gasteiger partial charge in [-0.1, -0.05) is 29.8 Å². The number of benzene rings is 2. The van der Waals surface area contributed by atoms with Gasteiger partial charge in [0.2, 0.25) is 0 Å². The van der Waals surface area contributed by atoms with Crippen molar-refractivity contribution in [3.8, 4) is 11.5 Å². The first kappa shape index (κ1) is 25.8. The molecule has 0 radical (unpaired) electrons. The summed E-state index contributed by atoms with van der Waals surface area (Å²) < 4.78 is 16.9. The van der Waals surface area contributed by atoms with E-state index in [9.17, 15) is 9.59 Å². The first-order valence-corrected chi connectivity index (χ1v) is 11.9. The Morgan fingerprint density at radius 3 is 2.65 bits per heavy atom. The fourth-order valence-electron chi connectivity index (χ4n) is 3.78. The van der Waals surface area contributed by atoms with Crippen molar-refractivity contribution < 1.29 is 23.8 Å². The first-order chi connectivity index (χ1) is 16.1. The van der Waals surface area contributed by atoms with Crippen molar-refractivity contribution in [2.75, 3.05) is 13.2 Å². The molecule has 1 unspecified atom stereocenters. The largest absolute Gasteiger partial charge is 0.465 e. The maximum absolute atomic E-state index is 12.5.